The van der Waals surface area contributed by atoms with Crippen molar-refractivity contribution < 1.29 is 18.3 Å². The predicted octanol–water partition coefficient (Wildman–Crippen LogP) is -0.0686. The van der Waals surface area contributed by atoms with Crippen molar-refractivity contribution in [1.82, 2.24) is 4.72 Å². The minimum atomic E-state index is -3.70. The van der Waals surface area contributed by atoms with Crippen molar-refractivity contribution in [2.24, 2.45) is 0 Å². The summed E-state index contributed by atoms with van der Waals surface area (Å²) in [5, 5.41) is 8.73. The van der Waals surface area contributed by atoms with Gasteiger partial charge in [-0.3, -0.25) is 4.79 Å². The molecule has 13 heavy (non-hydrogen) atoms. The molecule has 1 saturated carbocycles. The predicted molar refractivity (Wildman–Crippen MR) is 46.8 cm³/mol. The molecule has 0 atom stereocenters. The second-order valence-corrected chi connectivity index (χ2v) is 5.60. The molecule has 1 aliphatic rings. The van der Waals surface area contributed by atoms with Crippen molar-refractivity contribution in [2.45, 2.75) is 37.5 Å². The zero-order valence-corrected chi connectivity index (χ0v) is 8.39. The van der Waals surface area contributed by atoms with Crippen molar-refractivity contribution in [3.05, 3.63) is 0 Å². The molecular weight excluding hydrogens is 194 g/mol. The van der Waals surface area contributed by atoms with Crippen molar-refractivity contribution in [3.63, 3.8) is 0 Å². The van der Waals surface area contributed by atoms with Gasteiger partial charge in [-0.25, -0.2) is 13.1 Å². The molecule has 5 nitrogen and oxygen atoms in total. The van der Waals surface area contributed by atoms with Crippen LogP contribution in [0.15, 0.2) is 0 Å². The van der Waals surface area contributed by atoms with Gasteiger partial charge in [0, 0.05) is 6.04 Å². The van der Waals surface area contributed by atoms with Crippen LogP contribution in [0.4, 0.5) is 0 Å². The van der Waals surface area contributed by atoms with Crippen molar-refractivity contribution in [2.75, 3.05) is 0 Å². The average Bonchev–Trinajstić information content (AvgIpc) is 2.60. The molecule has 0 aromatic carbocycles. The molecule has 0 bridgehead atoms. The van der Waals surface area contributed by atoms with Crippen LogP contribution in [0.2, 0.25) is 0 Å². The summed E-state index contributed by atoms with van der Waals surface area (Å²) in [6, 6.07) is -0.262. The molecular formula is C7H13NO4S. The van der Waals surface area contributed by atoms with Gasteiger partial charge in [-0.15, -0.1) is 0 Å². The minimum Gasteiger partial charge on any atom is -0.480 e. The van der Waals surface area contributed by atoms with Gasteiger partial charge in [-0.05, 0) is 26.7 Å². The molecule has 0 radical (unpaired) electrons. The van der Waals surface area contributed by atoms with Crippen LogP contribution >= 0.6 is 0 Å². The monoisotopic (exact) mass is 207 g/mol. The van der Waals surface area contributed by atoms with Crippen molar-refractivity contribution >= 4 is 16.0 Å². The van der Waals surface area contributed by atoms with Gasteiger partial charge < -0.3 is 5.11 Å². The van der Waals surface area contributed by atoms with Gasteiger partial charge >= 0.3 is 5.97 Å². The Balaban J connectivity index is 2.88. The molecule has 0 spiro atoms. The Morgan fingerprint density at radius 1 is 1.46 bits per heavy atom. The molecule has 2 N–H and O–H groups in total. The van der Waals surface area contributed by atoms with Gasteiger partial charge in [0.2, 0.25) is 10.0 Å². The Kier molecular flexibility index (Phi) is 2.38. The molecule has 0 amide bonds. The molecule has 0 unspecified atom stereocenters. The molecule has 0 heterocycles. The highest BCUT2D eigenvalue weighted by molar-refractivity contribution is 7.92. The lowest BCUT2D eigenvalue weighted by Gasteiger charge is -2.14. The van der Waals surface area contributed by atoms with E-state index in [-0.39, 0.29) is 18.9 Å². The molecule has 0 aromatic heterocycles. The van der Waals surface area contributed by atoms with E-state index >= 15 is 0 Å². The van der Waals surface area contributed by atoms with E-state index in [2.05, 4.69) is 4.72 Å². The Morgan fingerprint density at radius 2 is 1.92 bits per heavy atom. The number of sulfonamides is 1. The van der Waals surface area contributed by atoms with Crippen molar-refractivity contribution in [1.29, 1.82) is 0 Å². The highest BCUT2D eigenvalue weighted by Crippen LogP contribution is 2.43. The first-order valence-corrected chi connectivity index (χ1v) is 5.55. The van der Waals surface area contributed by atoms with E-state index in [4.69, 9.17) is 5.11 Å². The zero-order chi connectivity index (χ0) is 10.3. The number of carboxylic acid groups (broad SMARTS) is 1. The highest BCUT2D eigenvalue weighted by Gasteiger charge is 2.61. The third-order valence-electron chi connectivity index (χ3n) is 2.00. The minimum absolute atomic E-state index is 0.213. The first kappa shape index (κ1) is 10.5. The molecule has 1 aliphatic carbocycles. The Morgan fingerprint density at radius 3 is 2.15 bits per heavy atom. The Hall–Kier alpha value is -0.620. The summed E-state index contributed by atoms with van der Waals surface area (Å²) >= 11 is 0. The van der Waals surface area contributed by atoms with Gasteiger partial charge in [-0.1, -0.05) is 0 Å². The first-order valence-electron chi connectivity index (χ1n) is 4.07. The fraction of sp³-hybridized carbons (Fsp3) is 0.857. The number of aliphatic carboxylic acids is 1. The maximum Gasteiger partial charge on any atom is 0.326 e. The summed E-state index contributed by atoms with van der Waals surface area (Å²) in [6.07, 6.45) is 0.425. The van der Waals surface area contributed by atoms with Crippen LogP contribution in [-0.4, -0.2) is 30.3 Å². The number of carboxylic acids is 1. The summed E-state index contributed by atoms with van der Waals surface area (Å²) in [6.45, 7) is 3.32. The summed E-state index contributed by atoms with van der Waals surface area (Å²) < 4.78 is 23.7. The molecule has 0 aromatic rings. The van der Waals surface area contributed by atoms with Crippen LogP contribution in [0, 0.1) is 0 Å². The number of hydrogen-bond donors (Lipinski definition) is 2. The number of carbonyl (C=O) groups is 1. The second-order valence-electron chi connectivity index (χ2n) is 3.58. The van der Waals surface area contributed by atoms with E-state index < -0.39 is 20.7 Å². The van der Waals surface area contributed by atoms with Gasteiger partial charge in [0.1, 0.15) is 0 Å². The number of rotatable bonds is 4. The molecule has 6 heteroatoms. The summed E-state index contributed by atoms with van der Waals surface area (Å²) in [5.74, 6) is -1.25. The Bertz CT molecular complexity index is 315. The smallest absolute Gasteiger partial charge is 0.326 e. The van der Waals surface area contributed by atoms with E-state index in [0.717, 1.165) is 0 Å². The summed E-state index contributed by atoms with van der Waals surface area (Å²) in [4.78, 5) is 10.7. The standard InChI is InChI=1S/C7H13NO4S/c1-5(2)8-13(11,12)7(3-4-7)6(9)10/h5,8H,3-4H2,1-2H3,(H,9,10). The van der Waals surface area contributed by atoms with Crippen LogP contribution in [0.3, 0.4) is 0 Å². The van der Waals surface area contributed by atoms with Gasteiger partial charge in [0.15, 0.2) is 4.75 Å². The van der Waals surface area contributed by atoms with E-state index in [0.29, 0.717) is 0 Å². The average molecular weight is 207 g/mol. The van der Waals surface area contributed by atoms with E-state index in [1.807, 2.05) is 0 Å². The fourth-order valence-corrected chi connectivity index (χ4v) is 2.85. The number of nitrogens with one attached hydrogen (secondary N) is 1. The van der Waals surface area contributed by atoms with Crippen LogP contribution < -0.4 is 4.72 Å². The maximum absolute atomic E-state index is 11.5. The third kappa shape index (κ3) is 1.68. The molecule has 1 fully saturated rings. The molecule has 0 aliphatic heterocycles. The quantitative estimate of drug-likeness (QED) is 0.676. The maximum atomic E-state index is 11.5. The normalized spacial score (nSPS) is 20.2. The van der Waals surface area contributed by atoms with Crippen LogP contribution in [0.25, 0.3) is 0 Å². The lowest BCUT2D eigenvalue weighted by Crippen LogP contribution is -2.44. The van der Waals surface area contributed by atoms with E-state index in [9.17, 15) is 13.2 Å². The third-order valence-corrected chi connectivity index (χ3v) is 4.39. The van der Waals surface area contributed by atoms with E-state index in [1.54, 1.807) is 13.8 Å². The van der Waals surface area contributed by atoms with E-state index in [1.165, 1.54) is 0 Å². The summed E-state index contributed by atoms with van der Waals surface area (Å²) in [5.41, 5.74) is 0. The molecule has 0 saturated heterocycles. The second kappa shape index (κ2) is 2.95. The highest BCUT2D eigenvalue weighted by atomic mass is 32.2. The van der Waals surface area contributed by atoms with Gasteiger partial charge in [0.05, 0.1) is 0 Å². The lowest BCUT2D eigenvalue weighted by molar-refractivity contribution is -0.137. The van der Waals surface area contributed by atoms with Crippen LogP contribution in [0.5, 0.6) is 0 Å². The topological polar surface area (TPSA) is 83.5 Å². The van der Waals surface area contributed by atoms with Gasteiger partial charge in [0.25, 0.3) is 0 Å². The molecule has 76 valence electrons. The Labute approximate surface area is 77.2 Å². The molecule has 1 rings (SSSR count). The van der Waals surface area contributed by atoms with Gasteiger partial charge in [-0.2, -0.15) is 0 Å². The zero-order valence-electron chi connectivity index (χ0n) is 7.57. The lowest BCUT2D eigenvalue weighted by atomic mass is 10.4. The first-order chi connectivity index (χ1) is 5.82. The fourth-order valence-electron chi connectivity index (χ4n) is 1.13. The van der Waals surface area contributed by atoms with Crippen LogP contribution in [-0.2, 0) is 14.8 Å². The van der Waals surface area contributed by atoms with Crippen LogP contribution in [0.1, 0.15) is 26.7 Å². The van der Waals surface area contributed by atoms with Crippen molar-refractivity contribution in [3.8, 4) is 0 Å². The SMILES string of the molecule is CC(C)NS(=O)(=O)C1(C(=O)O)CC1. The summed E-state index contributed by atoms with van der Waals surface area (Å²) in [7, 11) is -3.70. The largest absolute Gasteiger partial charge is 0.480 e. The number of hydrogen-bond acceptors (Lipinski definition) is 3.